The second-order valence-electron chi connectivity index (χ2n) is 2.91. The second-order valence-corrected chi connectivity index (χ2v) is 4.39. The Morgan fingerprint density at radius 2 is 1.83 bits per heavy atom. The minimum Gasteiger partial charge on any atom is -0.368 e. The van der Waals surface area contributed by atoms with Crippen LogP contribution in [0.1, 0.15) is 40.0 Å². The first kappa shape index (κ1) is 11.8. The summed E-state index contributed by atoms with van der Waals surface area (Å²) in [6, 6.07) is 0. The van der Waals surface area contributed by atoms with Crippen LogP contribution in [-0.4, -0.2) is 16.4 Å². The molecule has 0 unspecified atom stereocenters. The van der Waals surface area contributed by atoms with Gasteiger partial charge in [0.1, 0.15) is 0 Å². The highest BCUT2D eigenvalue weighted by Gasteiger charge is 2.32. The minimum absolute atomic E-state index is 0.161. The Hall–Kier alpha value is -0.180. The number of rotatable bonds is 6. The predicted molar refractivity (Wildman–Crippen MR) is 55.3 cm³/mol. The van der Waals surface area contributed by atoms with Gasteiger partial charge in [0.05, 0.1) is 4.75 Å². The van der Waals surface area contributed by atoms with Crippen molar-refractivity contribution in [2.24, 2.45) is 5.73 Å². The summed E-state index contributed by atoms with van der Waals surface area (Å²) in [7, 11) is 0. The van der Waals surface area contributed by atoms with Crippen molar-refractivity contribution >= 4 is 17.7 Å². The number of primary amides is 1. The van der Waals surface area contributed by atoms with E-state index >= 15 is 0 Å². The summed E-state index contributed by atoms with van der Waals surface area (Å²) in [6.07, 6.45) is 2.77. The lowest BCUT2D eigenvalue weighted by Crippen LogP contribution is -2.40. The van der Waals surface area contributed by atoms with E-state index in [4.69, 9.17) is 5.73 Å². The van der Waals surface area contributed by atoms with E-state index in [1.165, 1.54) is 0 Å². The van der Waals surface area contributed by atoms with Gasteiger partial charge in [0.2, 0.25) is 5.91 Å². The first-order valence-corrected chi connectivity index (χ1v) is 5.55. The topological polar surface area (TPSA) is 43.1 Å². The average Bonchev–Trinajstić information content (AvgIpc) is 2.07. The fourth-order valence-corrected chi connectivity index (χ4v) is 2.32. The van der Waals surface area contributed by atoms with Crippen LogP contribution in [0.4, 0.5) is 0 Å². The van der Waals surface area contributed by atoms with Crippen LogP contribution in [0.2, 0.25) is 0 Å². The van der Waals surface area contributed by atoms with E-state index in [2.05, 4.69) is 6.92 Å². The van der Waals surface area contributed by atoms with Gasteiger partial charge in [0.15, 0.2) is 0 Å². The van der Waals surface area contributed by atoms with Gasteiger partial charge in [-0.3, -0.25) is 4.79 Å². The zero-order valence-electron chi connectivity index (χ0n) is 8.22. The summed E-state index contributed by atoms with van der Waals surface area (Å²) in [5.74, 6) is 0.857. The molecule has 0 fully saturated rings. The van der Waals surface area contributed by atoms with Gasteiger partial charge < -0.3 is 5.73 Å². The van der Waals surface area contributed by atoms with E-state index in [1.54, 1.807) is 11.8 Å². The van der Waals surface area contributed by atoms with Crippen molar-refractivity contribution in [2.45, 2.75) is 44.8 Å². The number of hydrogen-bond donors (Lipinski definition) is 1. The summed E-state index contributed by atoms with van der Waals surface area (Å²) < 4.78 is -0.310. The Balaban J connectivity index is 4.25. The van der Waals surface area contributed by atoms with Gasteiger partial charge in [0.25, 0.3) is 0 Å². The molecule has 0 aromatic heterocycles. The fraction of sp³-hybridized carbons (Fsp3) is 0.889. The van der Waals surface area contributed by atoms with Gasteiger partial charge in [0, 0.05) is 0 Å². The lowest BCUT2D eigenvalue weighted by atomic mass is 10.0. The SMILES string of the molecule is CCCSC(CC)(CC)C(N)=O. The maximum Gasteiger partial charge on any atom is 0.233 e. The quantitative estimate of drug-likeness (QED) is 0.696. The van der Waals surface area contributed by atoms with Crippen LogP contribution in [0.15, 0.2) is 0 Å². The molecule has 2 nitrogen and oxygen atoms in total. The molecule has 12 heavy (non-hydrogen) atoms. The number of nitrogens with two attached hydrogens (primary N) is 1. The van der Waals surface area contributed by atoms with Crippen LogP contribution in [-0.2, 0) is 4.79 Å². The van der Waals surface area contributed by atoms with E-state index < -0.39 is 0 Å². The molecule has 0 saturated heterocycles. The van der Waals surface area contributed by atoms with Crippen molar-refractivity contribution in [3.05, 3.63) is 0 Å². The first-order chi connectivity index (χ1) is 5.63. The Bertz CT molecular complexity index is 143. The standard InChI is InChI=1S/C9H19NOS/c1-4-7-12-9(5-2,6-3)8(10)11/h4-7H2,1-3H3,(H2,10,11). The Morgan fingerprint density at radius 3 is 2.08 bits per heavy atom. The van der Waals surface area contributed by atoms with Crippen molar-refractivity contribution in [1.82, 2.24) is 0 Å². The third-order valence-corrected chi connectivity index (χ3v) is 4.12. The van der Waals surface area contributed by atoms with Gasteiger partial charge in [-0.2, -0.15) is 0 Å². The molecule has 0 rings (SSSR count). The maximum absolute atomic E-state index is 11.2. The summed E-state index contributed by atoms with van der Waals surface area (Å²) in [6.45, 7) is 6.16. The summed E-state index contributed by atoms with van der Waals surface area (Å²) in [5, 5.41) is 0. The smallest absolute Gasteiger partial charge is 0.233 e. The van der Waals surface area contributed by atoms with Crippen molar-refractivity contribution in [2.75, 3.05) is 5.75 Å². The van der Waals surface area contributed by atoms with Crippen molar-refractivity contribution < 1.29 is 4.79 Å². The van der Waals surface area contributed by atoms with Crippen LogP contribution < -0.4 is 5.73 Å². The van der Waals surface area contributed by atoms with E-state index in [0.29, 0.717) is 0 Å². The minimum atomic E-state index is -0.310. The van der Waals surface area contributed by atoms with Crippen molar-refractivity contribution in [1.29, 1.82) is 0 Å². The second kappa shape index (κ2) is 5.46. The highest BCUT2D eigenvalue weighted by Crippen LogP contribution is 2.32. The lowest BCUT2D eigenvalue weighted by molar-refractivity contribution is -0.120. The first-order valence-electron chi connectivity index (χ1n) is 4.56. The summed E-state index contributed by atoms with van der Waals surface area (Å²) in [4.78, 5) is 11.2. The zero-order chi connectivity index (χ0) is 9.61. The van der Waals surface area contributed by atoms with Gasteiger partial charge in [-0.25, -0.2) is 0 Å². The van der Waals surface area contributed by atoms with E-state index in [-0.39, 0.29) is 10.7 Å². The Morgan fingerprint density at radius 1 is 1.33 bits per heavy atom. The van der Waals surface area contributed by atoms with E-state index in [9.17, 15) is 4.79 Å². The number of hydrogen-bond acceptors (Lipinski definition) is 2. The lowest BCUT2D eigenvalue weighted by Gasteiger charge is -2.26. The number of carbonyl (C=O) groups is 1. The van der Waals surface area contributed by atoms with Gasteiger partial charge in [-0.05, 0) is 25.0 Å². The van der Waals surface area contributed by atoms with Crippen LogP contribution in [0.25, 0.3) is 0 Å². The third kappa shape index (κ3) is 2.70. The van der Waals surface area contributed by atoms with Gasteiger partial charge in [-0.15, -0.1) is 11.8 Å². The highest BCUT2D eigenvalue weighted by atomic mass is 32.2. The summed E-state index contributed by atoms with van der Waals surface area (Å²) >= 11 is 1.70. The molecule has 0 aromatic carbocycles. The van der Waals surface area contributed by atoms with Crippen molar-refractivity contribution in [3.63, 3.8) is 0 Å². The normalized spacial score (nSPS) is 11.6. The molecule has 3 heteroatoms. The number of thioether (sulfide) groups is 1. The van der Waals surface area contributed by atoms with Crippen LogP contribution >= 0.6 is 11.8 Å². The van der Waals surface area contributed by atoms with Gasteiger partial charge >= 0.3 is 0 Å². The fourth-order valence-electron chi connectivity index (χ4n) is 1.17. The molecule has 0 saturated carbocycles. The monoisotopic (exact) mass is 189 g/mol. The van der Waals surface area contributed by atoms with Crippen molar-refractivity contribution in [3.8, 4) is 0 Å². The molecule has 2 N–H and O–H groups in total. The molecular weight excluding hydrogens is 170 g/mol. The molecule has 0 heterocycles. The molecule has 0 spiro atoms. The Labute approximate surface area is 79.3 Å². The molecule has 0 aliphatic heterocycles. The zero-order valence-corrected chi connectivity index (χ0v) is 9.04. The van der Waals surface area contributed by atoms with Gasteiger partial charge in [-0.1, -0.05) is 20.8 Å². The molecule has 0 bridgehead atoms. The highest BCUT2D eigenvalue weighted by molar-refractivity contribution is 8.01. The average molecular weight is 189 g/mol. The molecule has 0 aliphatic rings. The Kier molecular flexibility index (Phi) is 5.38. The summed E-state index contributed by atoms with van der Waals surface area (Å²) in [5.41, 5.74) is 5.37. The van der Waals surface area contributed by atoms with Crippen LogP contribution in [0.5, 0.6) is 0 Å². The molecular formula is C9H19NOS. The molecule has 0 aromatic rings. The molecule has 0 radical (unpaired) electrons. The van der Waals surface area contributed by atoms with Crippen LogP contribution in [0.3, 0.4) is 0 Å². The maximum atomic E-state index is 11.2. The molecule has 0 atom stereocenters. The van der Waals surface area contributed by atoms with E-state index in [0.717, 1.165) is 25.0 Å². The molecule has 1 amide bonds. The largest absolute Gasteiger partial charge is 0.368 e. The third-order valence-electron chi connectivity index (χ3n) is 2.17. The number of carbonyl (C=O) groups excluding carboxylic acids is 1. The van der Waals surface area contributed by atoms with Crippen LogP contribution in [0, 0.1) is 0 Å². The molecule has 72 valence electrons. The van der Waals surface area contributed by atoms with E-state index in [1.807, 2.05) is 13.8 Å². The number of amides is 1. The predicted octanol–water partition coefficient (Wildman–Crippen LogP) is 2.17. The molecule has 0 aliphatic carbocycles.